The second-order valence-electron chi connectivity index (χ2n) is 4.75. The first-order valence-electron chi connectivity index (χ1n) is 6.45. The van der Waals surface area contributed by atoms with Crippen LogP contribution < -0.4 is 0 Å². The molecule has 0 aliphatic carbocycles. The number of benzene rings is 2. The van der Waals surface area contributed by atoms with Crippen LogP contribution in [-0.4, -0.2) is 15.0 Å². The Morgan fingerprint density at radius 1 is 1.29 bits per heavy atom. The van der Waals surface area contributed by atoms with Gasteiger partial charge in [-0.15, -0.1) is 0 Å². The Hall–Kier alpha value is -3.00. The van der Waals surface area contributed by atoms with Gasteiger partial charge in [-0.1, -0.05) is 11.6 Å². The first kappa shape index (κ1) is 15.9. The lowest BCUT2D eigenvalue weighted by atomic mass is 10.2. The normalized spacial score (nSPS) is 11.9. The number of nitro benzene ring substituents is 1. The molecule has 0 amide bonds. The third kappa shape index (κ3) is 2.91. The van der Waals surface area contributed by atoms with Gasteiger partial charge >= 0.3 is 0 Å². The molecule has 3 rings (SSSR count). The van der Waals surface area contributed by atoms with Gasteiger partial charge in [-0.05, 0) is 29.8 Å². The summed E-state index contributed by atoms with van der Waals surface area (Å²) in [7, 11) is 0. The number of nitro groups is 1. The van der Waals surface area contributed by atoms with Crippen LogP contribution in [0.3, 0.4) is 0 Å². The molecule has 0 atom stereocenters. The van der Waals surface area contributed by atoms with E-state index >= 15 is 0 Å². The fraction of sp³-hybridized carbons (Fsp3) is 0. The zero-order chi connectivity index (χ0) is 17.4. The topological polar surface area (TPSA) is 89.4 Å². The van der Waals surface area contributed by atoms with Crippen molar-refractivity contribution in [3.8, 4) is 5.75 Å². The summed E-state index contributed by atoms with van der Waals surface area (Å²) in [5.41, 5.74) is 0.366. The van der Waals surface area contributed by atoms with Crippen LogP contribution in [0.1, 0.15) is 11.5 Å². The SMILES string of the molecule is O=[N+]([O-])c1ccc2oc(/C(Cl)=C\c3cc(F)c(O)c(F)c3)nc2c1. The third-order valence-electron chi connectivity index (χ3n) is 3.12. The maximum absolute atomic E-state index is 13.3. The van der Waals surface area contributed by atoms with Gasteiger partial charge in [0.25, 0.3) is 5.69 Å². The second kappa shape index (κ2) is 5.89. The fourth-order valence-corrected chi connectivity index (χ4v) is 2.21. The molecule has 24 heavy (non-hydrogen) atoms. The van der Waals surface area contributed by atoms with Gasteiger partial charge in [-0.2, -0.15) is 0 Å². The number of phenolic OH excluding ortho intramolecular Hbond substituents is 1. The van der Waals surface area contributed by atoms with Crippen molar-refractivity contribution >= 4 is 39.5 Å². The Balaban J connectivity index is 2.01. The Bertz CT molecular complexity index is 977. The number of aromatic nitrogens is 1. The minimum absolute atomic E-state index is 0.0426. The van der Waals surface area contributed by atoms with Crippen molar-refractivity contribution < 1.29 is 23.2 Å². The molecular formula is C15H7ClF2N2O4. The van der Waals surface area contributed by atoms with E-state index in [9.17, 15) is 18.9 Å². The molecule has 3 aromatic rings. The van der Waals surface area contributed by atoms with Gasteiger partial charge in [0, 0.05) is 12.1 Å². The molecule has 9 heteroatoms. The molecule has 0 unspecified atom stereocenters. The van der Waals surface area contributed by atoms with Crippen molar-refractivity contribution in [1.82, 2.24) is 4.98 Å². The fourth-order valence-electron chi connectivity index (χ4n) is 2.01. The molecule has 0 saturated heterocycles. The molecule has 6 nitrogen and oxygen atoms in total. The van der Waals surface area contributed by atoms with E-state index < -0.39 is 22.3 Å². The lowest BCUT2D eigenvalue weighted by Crippen LogP contribution is -1.86. The average Bonchev–Trinajstić information content (AvgIpc) is 2.95. The van der Waals surface area contributed by atoms with Gasteiger partial charge in [0.2, 0.25) is 5.89 Å². The van der Waals surface area contributed by atoms with Crippen LogP contribution in [0.15, 0.2) is 34.7 Å². The first-order chi connectivity index (χ1) is 11.3. The van der Waals surface area contributed by atoms with Crippen molar-refractivity contribution in [1.29, 1.82) is 0 Å². The Morgan fingerprint density at radius 3 is 2.58 bits per heavy atom. The van der Waals surface area contributed by atoms with E-state index in [2.05, 4.69) is 4.98 Å². The Morgan fingerprint density at radius 2 is 1.96 bits per heavy atom. The van der Waals surface area contributed by atoms with Gasteiger partial charge in [-0.3, -0.25) is 10.1 Å². The maximum Gasteiger partial charge on any atom is 0.271 e. The summed E-state index contributed by atoms with van der Waals surface area (Å²) in [6, 6.07) is 5.60. The molecule has 122 valence electrons. The highest BCUT2D eigenvalue weighted by molar-refractivity contribution is 6.50. The molecule has 0 aliphatic rings. The highest BCUT2D eigenvalue weighted by Gasteiger charge is 2.14. The number of hydrogen-bond acceptors (Lipinski definition) is 5. The lowest BCUT2D eigenvalue weighted by molar-refractivity contribution is -0.384. The average molecular weight is 353 g/mol. The molecule has 1 heterocycles. The van der Waals surface area contributed by atoms with E-state index in [0.29, 0.717) is 0 Å². The first-order valence-corrected chi connectivity index (χ1v) is 6.83. The van der Waals surface area contributed by atoms with Crippen LogP contribution >= 0.6 is 11.6 Å². The number of nitrogens with zero attached hydrogens (tertiary/aromatic N) is 2. The van der Waals surface area contributed by atoms with Gasteiger partial charge in [0.15, 0.2) is 23.0 Å². The predicted molar refractivity (Wildman–Crippen MR) is 82.4 cm³/mol. The van der Waals surface area contributed by atoms with E-state index in [4.69, 9.17) is 21.1 Å². The van der Waals surface area contributed by atoms with Gasteiger partial charge in [0.05, 0.1) is 4.92 Å². The Kier molecular flexibility index (Phi) is 3.90. The summed E-state index contributed by atoms with van der Waals surface area (Å²) in [6.07, 6.45) is 1.19. The number of oxazole rings is 1. The van der Waals surface area contributed by atoms with E-state index in [-0.39, 0.29) is 33.3 Å². The van der Waals surface area contributed by atoms with Crippen LogP contribution in [0.5, 0.6) is 5.75 Å². The third-order valence-corrected chi connectivity index (χ3v) is 3.39. The highest BCUT2D eigenvalue weighted by atomic mass is 35.5. The lowest BCUT2D eigenvalue weighted by Gasteiger charge is -2.00. The monoisotopic (exact) mass is 352 g/mol. The van der Waals surface area contributed by atoms with Crippen molar-refractivity contribution in [2.24, 2.45) is 0 Å². The number of aromatic hydroxyl groups is 1. The number of phenols is 1. The van der Waals surface area contributed by atoms with E-state index in [1.807, 2.05) is 0 Å². The molecule has 0 bridgehead atoms. The number of non-ortho nitro benzene ring substituents is 1. The largest absolute Gasteiger partial charge is 0.503 e. The maximum atomic E-state index is 13.3. The number of halogens is 3. The van der Waals surface area contributed by atoms with E-state index in [0.717, 1.165) is 12.1 Å². The minimum Gasteiger partial charge on any atom is -0.503 e. The zero-order valence-corrected chi connectivity index (χ0v) is 12.4. The molecule has 0 radical (unpaired) electrons. The molecule has 0 saturated carbocycles. The van der Waals surface area contributed by atoms with Gasteiger partial charge in [0.1, 0.15) is 10.5 Å². The molecule has 2 aromatic carbocycles. The summed E-state index contributed by atoms with van der Waals surface area (Å²) < 4.78 is 32.0. The summed E-state index contributed by atoms with van der Waals surface area (Å²) in [5, 5.41) is 19.7. The standard InChI is InChI=1S/C15H7ClF2N2O4/c16-9(3-7-4-10(17)14(21)11(18)5-7)15-19-12-6-8(20(22)23)1-2-13(12)24-15/h1-6,21H/b9-3+. The van der Waals surface area contributed by atoms with E-state index in [1.165, 1.54) is 24.3 Å². The van der Waals surface area contributed by atoms with Crippen LogP contribution in [-0.2, 0) is 0 Å². The Labute approximate surface area is 137 Å². The number of rotatable bonds is 3. The van der Waals surface area contributed by atoms with Gasteiger partial charge in [-0.25, -0.2) is 13.8 Å². The van der Waals surface area contributed by atoms with Crippen LogP contribution in [0.4, 0.5) is 14.5 Å². The van der Waals surface area contributed by atoms with Crippen LogP contribution in [0.2, 0.25) is 0 Å². The van der Waals surface area contributed by atoms with Crippen LogP contribution in [0.25, 0.3) is 22.2 Å². The predicted octanol–water partition coefficient (Wildman–Crippen LogP) is 4.46. The summed E-state index contributed by atoms with van der Waals surface area (Å²) in [5.74, 6) is -3.43. The molecule has 0 spiro atoms. The van der Waals surface area contributed by atoms with Crippen molar-refractivity contribution in [2.75, 3.05) is 0 Å². The number of hydrogen-bond donors (Lipinski definition) is 1. The van der Waals surface area contributed by atoms with Crippen molar-refractivity contribution in [3.63, 3.8) is 0 Å². The molecular weight excluding hydrogens is 346 g/mol. The molecule has 0 aliphatic heterocycles. The van der Waals surface area contributed by atoms with Gasteiger partial charge < -0.3 is 9.52 Å². The molecule has 1 N–H and O–H groups in total. The van der Waals surface area contributed by atoms with E-state index in [1.54, 1.807) is 0 Å². The highest BCUT2D eigenvalue weighted by Crippen LogP contribution is 2.29. The summed E-state index contributed by atoms with van der Waals surface area (Å²) in [4.78, 5) is 14.2. The smallest absolute Gasteiger partial charge is 0.271 e. The minimum atomic E-state index is -1.14. The zero-order valence-electron chi connectivity index (χ0n) is 11.7. The summed E-state index contributed by atoms with van der Waals surface area (Å²) in [6.45, 7) is 0. The second-order valence-corrected chi connectivity index (χ2v) is 5.16. The van der Waals surface area contributed by atoms with Crippen LogP contribution in [0, 0.1) is 21.7 Å². The number of fused-ring (bicyclic) bond motifs is 1. The molecule has 0 fully saturated rings. The quantitative estimate of drug-likeness (QED) is 0.555. The summed E-state index contributed by atoms with van der Waals surface area (Å²) >= 11 is 6.02. The van der Waals surface area contributed by atoms with Crippen molar-refractivity contribution in [3.05, 3.63) is 63.5 Å². The van der Waals surface area contributed by atoms with Crippen molar-refractivity contribution in [2.45, 2.75) is 0 Å². The molecule has 1 aromatic heterocycles.